The number of hydrogen-bond acceptors (Lipinski definition) is 2. The molecule has 1 saturated heterocycles. The third kappa shape index (κ3) is 6.80. The second-order valence-corrected chi connectivity index (χ2v) is 12.3. The van der Waals surface area contributed by atoms with Crippen LogP contribution in [0.2, 0.25) is 0 Å². The molecular formula is C29H43N3S. The lowest BCUT2D eigenvalue weighted by Gasteiger charge is -2.28. The first-order valence-corrected chi connectivity index (χ1v) is 12.8. The van der Waals surface area contributed by atoms with Gasteiger partial charge in [-0.3, -0.25) is 0 Å². The Morgan fingerprint density at radius 2 is 1.30 bits per heavy atom. The van der Waals surface area contributed by atoms with Crippen LogP contribution < -0.4 is 16.0 Å². The Morgan fingerprint density at radius 3 is 1.70 bits per heavy atom. The molecular weight excluding hydrogens is 422 g/mol. The first-order valence-electron chi connectivity index (χ1n) is 12.4. The van der Waals surface area contributed by atoms with Gasteiger partial charge < -0.3 is 16.0 Å². The molecule has 1 heterocycles. The Hall–Kier alpha value is -1.91. The molecule has 2 aromatic rings. The van der Waals surface area contributed by atoms with Crippen LogP contribution >= 0.6 is 12.2 Å². The van der Waals surface area contributed by atoms with Gasteiger partial charge in [-0.05, 0) is 65.6 Å². The standard InChI is InChI=1S/C29H43N3S/c1-19(2)31-27(33)32-24-17-25(30-18-24)26(20-9-13-22(14-10-20)28(3,4)5)21-11-15-23(16-12-21)29(6,7)8/h9-16,19,24-26,30H,17-18H2,1-8H3,(H2,31,32,33)/t24-,25-/m1/s1. The monoisotopic (exact) mass is 465 g/mol. The smallest absolute Gasteiger partial charge is 0.166 e. The summed E-state index contributed by atoms with van der Waals surface area (Å²) >= 11 is 5.51. The van der Waals surface area contributed by atoms with Crippen LogP contribution in [-0.4, -0.2) is 29.8 Å². The summed E-state index contributed by atoms with van der Waals surface area (Å²) in [6.45, 7) is 18.8. The minimum Gasteiger partial charge on any atom is -0.361 e. The lowest BCUT2D eigenvalue weighted by molar-refractivity contribution is 0.528. The van der Waals surface area contributed by atoms with Crippen LogP contribution in [0.15, 0.2) is 48.5 Å². The molecule has 0 radical (unpaired) electrons. The van der Waals surface area contributed by atoms with Gasteiger partial charge in [0.2, 0.25) is 0 Å². The molecule has 0 saturated carbocycles. The molecule has 0 aromatic heterocycles. The van der Waals surface area contributed by atoms with Crippen molar-refractivity contribution in [2.24, 2.45) is 0 Å². The molecule has 3 N–H and O–H groups in total. The van der Waals surface area contributed by atoms with E-state index in [1.165, 1.54) is 22.3 Å². The van der Waals surface area contributed by atoms with Gasteiger partial charge >= 0.3 is 0 Å². The van der Waals surface area contributed by atoms with E-state index in [9.17, 15) is 0 Å². The van der Waals surface area contributed by atoms with Crippen molar-refractivity contribution in [3.63, 3.8) is 0 Å². The minimum atomic E-state index is 0.155. The van der Waals surface area contributed by atoms with E-state index in [0.717, 1.165) is 18.1 Å². The molecule has 0 amide bonds. The number of nitrogens with one attached hydrogen (secondary N) is 3. The normalized spacial score (nSPS) is 19.2. The van der Waals surface area contributed by atoms with Crippen LogP contribution in [-0.2, 0) is 10.8 Å². The highest BCUT2D eigenvalue weighted by atomic mass is 32.1. The summed E-state index contributed by atoms with van der Waals surface area (Å²) in [7, 11) is 0. The van der Waals surface area contributed by atoms with Gasteiger partial charge in [0.25, 0.3) is 0 Å². The zero-order valence-corrected chi connectivity index (χ0v) is 22.6. The second-order valence-electron chi connectivity index (χ2n) is 11.9. The van der Waals surface area contributed by atoms with Crippen LogP contribution in [0.25, 0.3) is 0 Å². The van der Waals surface area contributed by atoms with Gasteiger partial charge in [-0.2, -0.15) is 0 Å². The Labute approximate surface area is 207 Å². The molecule has 2 aromatic carbocycles. The maximum Gasteiger partial charge on any atom is 0.166 e. The van der Waals surface area contributed by atoms with E-state index >= 15 is 0 Å². The highest BCUT2D eigenvalue weighted by molar-refractivity contribution is 7.80. The van der Waals surface area contributed by atoms with Gasteiger partial charge in [-0.25, -0.2) is 0 Å². The van der Waals surface area contributed by atoms with E-state index in [2.05, 4.69) is 120 Å². The topological polar surface area (TPSA) is 36.1 Å². The third-order valence-corrected chi connectivity index (χ3v) is 6.83. The summed E-state index contributed by atoms with van der Waals surface area (Å²) in [6, 6.07) is 19.6. The van der Waals surface area contributed by atoms with Gasteiger partial charge in [0.1, 0.15) is 0 Å². The van der Waals surface area contributed by atoms with Crippen LogP contribution in [0, 0.1) is 0 Å². The Kier molecular flexibility index (Phi) is 7.91. The predicted molar refractivity (Wildman–Crippen MR) is 146 cm³/mol. The van der Waals surface area contributed by atoms with Gasteiger partial charge in [0.05, 0.1) is 0 Å². The summed E-state index contributed by atoms with van der Waals surface area (Å²) in [5.41, 5.74) is 5.79. The fourth-order valence-corrected chi connectivity index (χ4v) is 5.06. The van der Waals surface area contributed by atoms with Crippen LogP contribution in [0.1, 0.15) is 90.0 Å². The first kappa shape index (κ1) is 25.7. The fourth-order valence-electron chi connectivity index (χ4n) is 4.66. The van der Waals surface area contributed by atoms with Crippen molar-refractivity contribution in [2.45, 2.75) is 96.7 Å². The summed E-state index contributed by atoms with van der Waals surface area (Å²) in [6.07, 6.45) is 1.03. The maximum atomic E-state index is 5.51. The van der Waals surface area contributed by atoms with Gasteiger partial charge in [-0.1, -0.05) is 90.1 Å². The first-order chi connectivity index (χ1) is 15.3. The molecule has 2 atom stereocenters. The molecule has 0 spiro atoms. The molecule has 4 heteroatoms. The van der Waals surface area contributed by atoms with Crippen molar-refractivity contribution < 1.29 is 0 Å². The van der Waals surface area contributed by atoms with Gasteiger partial charge in [-0.15, -0.1) is 0 Å². The molecule has 1 aliphatic heterocycles. The number of benzene rings is 2. The van der Waals surface area contributed by atoms with Crippen LogP contribution in [0.3, 0.4) is 0 Å². The van der Waals surface area contributed by atoms with Crippen molar-refractivity contribution in [2.75, 3.05) is 6.54 Å². The lowest BCUT2D eigenvalue weighted by Crippen LogP contribution is -2.45. The Bertz CT molecular complexity index is 860. The highest BCUT2D eigenvalue weighted by Crippen LogP contribution is 2.35. The summed E-state index contributed by atoms with van der Waals surface area (Å²) in [5, 5.41) is 11.4. The van der Waals surface area contributed by atoms with E-state index in [4.69, 9.17) is 12.2 Å². The Morgan fingerprint density at radius 1 is 0.848 bits per heavy atom. The molecule has 180 valence electrons. The van der Waals surface area contributed by atoms with E-state index in [0.29, 0.717) is 24.0 Å². The molecule has 1 aliphatic rings. The number of rotatable bonds is 5. The zero-order valence-electron chi connectivity index (χ0n) is 21.8. The largest absolute Gasteiger partial charge is 0.361 e. The number of hydrogen-bond donors (Lipinski definition) is 3. The summed E-state index contributed by atoms with van der Waals surface area (Å²) in [4.78, 5) is 0. The van der Waals surface area contributed by atoms with Gasteiger partial charge in [0, 0.05) is 30.6 Å². The molecule has 3 rings (SSSR count). The van der Waals surface area contributed by atoms with E-state index < -0.39 is 0 Å². The van der Waals surface area contributed by atoms with E-state index in [1.54, 1.807) is 0 Å². The van der Waals surface area contributed by atoms with Crippen molar-refractivity contribution in [3.05, 3.63) is 70.8 Å². The van der Waals surface area contributed by atoms with Gasteiger partial charge in [0.15, 0.2) is 5.11 Å². The molecule has 0 bridgehead atoms. The molecule has 1 fully saturated rings. The second kappa shape index (κ2) is 10.1. The number of thiocarbonyl (C=S) groups is 1. The third-order valence-electron chi connectivity index (χ3n) is 6.59. The quantitative estimate of drug-likeness (QED) is 0.472. The van der Waals surface area contributed by atoms with Crippen LogP contribution in [0.4, 0.5) is 0 Å². The molecule has 3 nitrogen and oxygen atoms in total. The maximum absolute atomic E-state index is 5.51. The predicted octanol–water partition coefficient (Wildman–Crippen LogP) is 6.02. The molecule has 33 heavy (non-hydrogen) atoms. The molecule has 0 aliphatic carbocycles. The highest BCUT2D eigenvalue weighted by Gasteiger charge is 2.33. The van der Waals surface area contributed by atoms with E-state index in [1.807, 2.05) is 0 Å². The van der Waals surface area contributed by atoms with Crippen LogP contribution in [0.5, 0.6) is 0 Å². The SMILES string of the molecule is CC(C)NC(=S)N[C@H]1CN[C@@H](C(c2ccc(C(C)(C)C)cc2)c2ccc(C(C)(C)C)cc2)C1. The molecule has 0 unspecified atom stereocenters. The van der Waals surface area contributed by atoms with Crippen molar-refractivity contribution in [1.29, 1.82) is 0 Å². The van der Waals surface area contributed by atoms with E-state index in [-0.39, 0.29) is 10.8 Å². The minimum absolute atomic E-state index is 0.155. The zero-order chi connectivity index (χ0) is 24.4. The average molecular weight is 466 g/mol. The fraction of sp³-hybridized carbons (Fsp3) is 0.552. The average Bonchev–Trinajstić information content (AvgIpc) is 3.14. The summed E-state index contributed by atoms with van der Waals surface area (Å²) < 4.78 is 0. The summed E-state index contributed by atoms with van der Waals surface area (Å²) in [5.74, 6) is 0.298. The lowest BCUT2D eigenvalue weighted by atomic mass is 9.80. The van der Waals surface area contributed by atoms with Crippen molar-refractivity contribution >= 4 is 17.3 Å². The van der Waals surface area contributed by atoms with Crippen molar-refractivity contribution in [3.8, 4) is 0 Å². The van der Waals surface area contributed by atoms with Crippen molar-refractivity contribution in [1.82, 2.24) is 16.0 Å². The Balaban J connectivity index is 1.87.